The van der Waals surface area contributed by atoms with Gasteiger partial charge in [0.05, 0.1) is 46.1 Å². The molecule has 0 radical (unpaired) electrons. The number of pyridine rings is 1. The number of fused-ring (bicyclic) bond motifs is 1. The van der Waals surface area contributed by atoms with Crippen LogP contribution in [-0.2, 0) is 11.4 Å². The summed E-state index contributed by atoms with van der Waals surface area (Å²) in [6, 6.07) is 13.2. The van der Waals surface area contributed by atoms with E-state index in [9.17, 15) is 10.1 Å². The van der Waals surface area contributed by atoms with Crippen LogP contribution >= 0.6 is 23.2 Å². The second-order valence-corrected chi connectivity index (χ2v) is 11.7. The van der Waals surface area contributed by atoms with Gasteiger partial charge in [0.1, 0.15) is 12.4 Å². The van der Waals surface area contributed by atoms with Gasteiger partial charge in [-0.1, -0.05) is 29.3 Å². The number of nitriles is 1. The smallest absolute Gasteiger partial charge is 0.224 e. The minimum atomic E-state index is -0.411. The number of nitrogens with zero attached hydrogens (tertiary/aromatic N) is 4. The number of nitrogens with one attached hydrogen (secondary N) is 2. The molecule has 4 rings (SSSR count). The Kier molecular flexibility index (Phi) is 11.0. The fraction of sp³-hybridized carbons (Fsp3) is 0.406. The molecule has 0 fully saturated rings. The van der Waals surface area contributed by atoms with E-state index in [0.717, 1.165) is 35.5 Å². The lowest BCUT2D eigenvalue weighted by molar-refractivity contribution is -0.116. The van der Waals surface area contributed by atoms with E-state index in [1.165, 1.54) is 0 Å². The van der Waals surface area contributed by atoms with E-state index < -0.39 is 12.0 Å². The van der Waals surface area contributed by atoms with E-state index in [0.29, 0.717) is 52.5 Å². The van der Waals surface area contributed by atoms with Crippen LogP contribution in [0, 0.1) is 24.2 Å². The number of anilines is 3. The molecule has 1 amide bonds. The summed E-state index contributed by atoms with van der Waals surface area (Å²) in [5, 5.41) is 17.3. The van der Waals surface area contributed by atoms with Gasteiger partial charge in [0.2, 0.25) is 5.91 Å². The highest BCUT2D eigenvalue weighted by molar-refractivity contribution is 6.37. The van der Waals surface area contributed by atoms with Crippen molar-refractivity contribution in [1.29, 1.82) is 5.26 Å². The fourth-order valence-corrected chi connectivity index (χ4v) is 5.68. The zero-order valence-corrected chi connectivity index (χ0v) is 26.7. The Labute approximate surface area is 263 Å². The van der Waals surface area contributed by atoms with Crippen molar-refractivity contribution in [1.82, 2.24) is 9.88 Å². The number of carbonyl (C=O) groups excluding carboxylic acids is 1. The Hall–Kier alpha value is -3.71. The number of rotatable bonds is 12. The lowest BCUT2D eigenvalue weighted by Crippen LogP contribution is -2.37. The van der Waals surface area contributed by atoms with Crippen LogP contribution in [0.15, 0.2) is 42.6 Å². The maximum Gasteiger partial charge on any atom is 0.224 e. The van der Waals surface area contributed by atoms with Crippen LogP contribution in [0.2, 0.25) is 10.0 Å². The molecule has 2 unspecified atom stereocenters. The molecule has 0 spiro atoms. The zero-order valence-electron chi connectivity index (χ0n) is 25.2. The van der Waals surface area contributed by atoms with Gasteiger partial charge in [0.25, 0.3) is 0 Å². The molecule has 9 nitrogen and oxygen atoms in total. The molecule has 228 valence electrons. The van der Waals surface area contributed by atoms with Crippen LogP contribution in [0.25, 0.3) is 0 Å². The molecule has 3 aromatic rings. The maximum absolute atomic E-state index is 12.8. The fourth-order valence-electron chi connectivity index (χ4n) is 5.09. The second kappa shape index (κ2) is 14.6. The number of ether oxygens (including phenoxy) is 2. The van der Waals surface area contributed by atoms with Crippen LogP contribution in [-0.4, -0.2) is 56.6 Å². The van der Waals surface area contributed by atoms with Gasteiger partial charge in [0.15, 0.2) is 5.75 Å². The van der Waals surface area contributed by atoms with E-state index in [1.807, 2.05) is 69.1 Å². The zero-order chi connectivity index (χ0) is 31.1. The third kappa shape index (κ3) is 8.02. The standard InChI is InChI=1S/C32H38Cl2N6O3/c1-6-42-29-16-28-23(15-26(29)38-30(41)10-8-12-39(3)4)31(21(17-35)18-40(28)5)37-22-13-24(33)32(25(34)14-22)43-19-27-20(2)9-7-11-36-27/h7,9,11,13-16,21,31,37H,6,8,10,12,18-19H2,1-5H3,(H,38,41). The summed E-state index contributed by atoms with van der Waals surface area (Å²) in [7, 11) is 5.90. The van der Waals surface area contributed by atoms with Crippen molar-refractivity contribution in [3.8, 4) is 17.6 Å². The third-order valence-electron chi connectivity index (χ3n) is 7.29. The number of hydrogen-bond acceptors (Lipinski definition) is 8. The third-order valence-corrected chi connectivity index (χ3v) is 7.85. The monoisotopic (exact) mass is 624 g/mol. The van der Waals surface area contributed by atoms with Crippen molar-refractivity contribution in [3.63, 3.8) is 0 Å². The van der Waals surface area contributed by atoms with Gasteiger partial charge in [-0.25, -0.2) is 0 Å². The average Bonchev–Trinajstić information content (AvgIpc) is 2.95. The quantitative estimate of drug-likeness (QED) is 0.229. The van der Waals surface area contributed by atoms with Gasteiger partial charge in [-0.3, -0.25) is 9.78 Å². The van der Waals surface area contributed by atoms with Gasteiger partial charge in [-0.15, -0.1) is 0 Å². The molecule has 1 aliphatic heterocycles. The summed E-state index contributed by atoms with van der Waals surface area (Å²) in [6.45, 7) is 5.85. The Balaban J connectivity index is 1.62. The Bertz CT molecular complexity index is 1470. The Morgan fingerprint density at radius 3 is 2.60 bits per heavy atom. The molecule has 1 aromatic heterocycles. The molecular weight excluding hydrogens is 587 g/mol. The van der Waals surface area contributed by atoms with Crippen molar-refractivity contribution in [3.05, 3.63) is 69.5 Å². The SMILES string of the molecule is CCOc1cc2c(cc1NC(=O)CCCN(C)C)C(Nc1cc(Cl)c(OCc3ncccc3C)c(Cl)c1)C(C#N)CN2C. The van der Waals surface area contributed by atoms with E-state index in [2.05, 4.69) is 21.7 Å². The molecule has 1 aliphatic rings. The minimum absolute atomic E-state index is 0.0942. The molecular formula is C32H38Cl2N6O3. The topological polar surface area (TPSA) is 103 Å². The molecule has 0 bridgehead atoms. The number of carbonyl (C=O) groups is 1. The molecule has 0 aliphatic carbocycles. The highest BCUT2D eigenvalue weighted by atomic mass is 35.5. The summed E-state index contributed by atoms with van der Waals surface area (Å²) in [4.78, 5) is 21.3. The molecule has 0 saturated heterocycles. The lowest BCUT2D eigenvalue weighted by atomic mass is 9.87. The van der Waals surface area contributed by atoms with Crippen LogP contribution < -0.4 is 25.0 Å². The second-order valence-electron chi connectivity index (χ2n) is 10.9. The van der Waals surface area contributed by atoms with Crippen molar-refractivity contribution in [2.75, 3.05) is 56.4 Å². The molecule has 43 heavy (non-hydrogen) atoms. The van der Waals surface area contributed by atoms with Crippen molar-refractivity contribution >= 4 is 46.2 Å². The number of amides is 1. The summed E-state index contributed by atoms with van der Waals surface area (Å²) in [5.41, 5.74) is 4.77. The number of hydrogen-bond donors (Lipinski definition) is 2. The summed E-state index contributed by atoms with van der Waals surface area (Å²) >= 11 is 13.3. The van der Waals surface area contributed by atoms with Crippen LogP contribution in [0.1, 0.15) is 42.6 Å². The van der Waals surface area contributed by atoms with Gasteiger partial charge in [-0.2, -0.15) is 5.26 Å². The first-order valence-corrected chi connectivity index (χ1v) is 15.0. The van der Waals surface area contributed by atoms with Crippen LogP contribution in [0.5, 0.6) is 11.5 Å². The highest BCUT2D eigenvalue weighted by Gasteiger charge is 2.34. The summed E-state index contributed by atoms with van der Waals surface area (Å²) < 4.78 is 11.9. The number of aromatic nitrogens is 1. The van der Waals surface area contributed by atoms with E-state index in [4.69, 9.17) is 32.7 Å². The summed E-state index contributed by atoms with van der Waals surface area (Å²) in [6.07, 6.45) is 2.83. The molecule has 2 N–H and O–H groups in total. The normalized spacial score (nSPS) is 15.9. The van der Waals surface area contributed by atoms with Gasteiger partial charge < -0.3 is 29.9 Å². The Morgan fingerprint density at radius 2 is 1.95 bits per heavy atom. The summed E-state index contributed by atoms with van der Waals surface area (Å²) in [5.74, 6) is 0.446. The predicted molar refractivity (Wildman–Crippen MR) is 173 cm³/mol. The molecule has 11 heteroatoms. The van der Waals surface area contributed by atoms with E-state index in [-0.39, 0.29) is 12.5 Å². The minimum Gasteiger partial charge on any atom is -0.492 e. The average molecular weight is 626 g/mol. The van der Waals surface area contributed by atoms with Crippen molar-refractivity contribution in [2.24, 2.45) is 5.92 Å². The number of aryl methyl sites for hydroxylation is 1. The first-order valence-electron chi connectivity index (χ1n) is 14.3. The van der Waals surface area contributed by atoms with E-state index >= 15 is 0 Å². The largest absolute Gasteiger partial charge is 0.492 e. The number of benzene rings is 2. The molecule has 0 saturated carbocycles. The van der Waals surface area contributed by atoms with Crippen molar-refractivity contribution < 1.29 is 14.3 Å². The van der Waals surface area contributed by atoms with Gasteiger partial charge in [0, 0.05) is 49.2 Å². The van der Waals surface area contributed by atoms with E-state index in [1.54, 1.807) is 18.3 Å². The maximum atomic E-state index is 12.8. The number of halogens is 2. The van der Waals surface area contributed by atoms with Crippen molar-refractivity contribution in [2.45, 2.75) is 39.3 Å². The van der Waals surface area contributed by atoms with Crippen LogP contribution in [0.3, 0.4) is 0 Å². The highest BCUT2D eigenvalue weighted by Crippen LogP contribution is 2.45. The lowest BCUT2D eigenvalue weighted by Gasteiger charge is -2.38. The molecule has 2 atom stereocenters. The molecule has 2 aromatic carbocycles. The first kappa shape index (κ1) is 32.2. The van der Waals surface area contributed by atoms with Gasteiger partial charge >= 0.3 is 0 Å². The Morgan fingerprint density at radius 1 is 1.21 bits per heavy atom. The first-order chi connectivity index (χ1) is 20.6. The molecule has 2 heterocycles. The van der Waals surface area contributed by atoms with Gasteiger partial charge in [-0.05, 0) is 70.7 Å². The predicted octanol–water partition coefficient (Wildman–Crippen LogP) is 6.70. The van der Waals surface area contributed by atoms with Crippen LogP contribution in [0.4, 0.5) is 17.1 Å².